The Balaban J connectivity index is -0.000000730. The molecule has 0 saturated carbocycles. The van der Waals surface area contributed by atoms with E-state index in [0.29, 0.717) is 0 Å². The quantitative estimate of drug-likeness (QED) is 0.129. The van der Waals surface area contributed by atoms with Crippen LogP contribution in [0.1, 0.15) is 44.5 Å². The largest absolute Gasteiger partial charge is 3.00 e. The predicted molar refractivity (Wildman–Crippen MR) is 260 cm³/mol. The molecule has 0 aliphatic rings. The number of ether oxygens (including phenoxy) is 4. The third-order valence-electron chi connectivity index (χ3n) is 8.29. The van der Waals surface area contributed by atoms with E-state index >= 15 is 0 Å². The Labute approximate surface area is 403 Å². The van der Waals surface area contributed by atoms with Gasteiger partial charge in [-0.2, -0.15) is 0 Å². The monoisotopic (exact) mass is 1010 g/mol. The smallest absolute Gasteiger partial charge is 1.00 e. The van der Waals surface area contributed by atoms with E-state index in [1.165, 1.54) is 49.4 Å². The minimum atomic E-state index is 0. The van der Waals surface area contributed by atoms with Crippen LogP contribution in [0.4, 0.5) is 0 Å². The number of methoxy groups -OCH3 is 4. The third kappa shape index (κ3) is 25.2. The number of hydrogen-bond donors (Lipinski definition) is 0. The van der Waals surface area contributed by atoms with Crippen LogP contribution in [0.5, 0.6) is 23.0 Å². The van der Waals surface area contributed by atoms with Crippen LogP contribution in [0.15, 0.2) is 121 Å². The molecule has 1 radical (unpaired) electrons. The van der Waals surface area contributed by atoms with E-state index in [2.05, 4.69) is 171 Å². The van der Waals surface area contributed by atoms with Crippen LogP contribution >= 0.6 is 18.5 Å². The second-order valence-corrected chi connectivity index (χ2v) is 15.5. The van der Waals surface area contributed by atoms with Gasteiger partial charge in [0.1, 0.15) is 23.0 Å². The standard InChI is InChI=1S/C16H20O4P2.4C8H10.C3H7NO.2ClH.Ru/c1-17-9-5-13(20-4)16(15(22)6-9)10-7-14(21)12(19-3)8-11(10)18-2;4*1-7-4-3-5-8(2)6-7;1-4(2)3-5;;;/h5-8H,21-22H2,1-4H3;4*3-6H,1-2H3;3H,1-2H3;2*1H;/q;;;;;;;;+3/p-2. The van der Waals surface area contributed by atoms with Crippen LogP contribution in [-0.4, -0.2) is 53.8 Å². The van der Waals surface area contributed by atoms with Gasteiger partial charge >= 0.3 is 19.5 Å². The maximum atomic E-state index is 9.43. The van der Waals surface area contributed by atoms with Crippen LogP contribution in [0.25, 0.3) is 11.1 Å². The van der Waals surface area contributed by atoms with E-state index < -0.39 is 0 Å². The molecular weight excluding hydrogens is 940 g/mol. The fourth-order valence-corrected chi connectivity index (χ4v) is 6.35. The molecule has 6 rings (SSSR count). The van der Waals surface area contributed by atoms with Crippen molar-refractivity contribution in [2.45, 2.75) is 55.4 Å². The number of benzene rings is 6. The van der Waals surface area contributed by atoms with Crippen molar-refractivity contribution in [1.29, 1.82) is 0 Å². The molecule has 337 valence electrons. The third-order valence-corrected chi connectivity index (χ3v) is 9.19. The van der Waals surface area contributed by atoms with Crippen molar-refractivity contribution >= 4 is 35.5 Å². The average molecular weight is 1010 g/mol. The maximum absolute atomic E-state index is 9.43. The molecule has 6 aromatic rings. The minimum Gasteiger partial charge on any atom is -1.00 e. The molecule has 0 aromatic heterocycles. The van der Waals surface area contributed by atoms with Gasteiger partial charge in [-0.1, -0.05) is 142 Å². The summed E-state index contributed by atoms with van der Waals surface area (Å²) in [6, 6.07) is 41.5. The Hall–Kier alpha value is -3.95. The number of aryl methyl sites for hydroxylation is 8. The van der Waals surface area contributed by atoms with Gasteiger partial charge in [0.15, 0.2) is 0 Å². The Morgan fingerprint density at radius 2 is 0.742 bits per heavy atom. The number of amides is 1. The first-order chi connectivity index (χ1) is 28.0. The molecule has 0 bridgehead atoms. The molecule has 2 unspecified atom stereocenters. The molecule has 0 spiro atoms. The molecule has 0 N–H and O–H groups in total. The van der Waals surface area contributed by atoms with Crippen molar-refractivity contribution in [1.82, 2.24) is 4.90 Å². The molecule has 2 atom stereocenters. The van der Waals surface area contributed by atoms with Gasteiger partial charge in [-0.05, 0) is 72.8 Å². The summed E-state index contributed by atoms with van der Waals surface area (Å²) in [6.45, 7) is 16.8. The Morgan fingerprint density at radius 1 is 0.435 bits per heavy atom. The molecule has 11 heteroatoms. The molecule has 6 nitrogen and oxygen atoms in total. The summed E-state index contributed by atoms with van der Waals surface area (Å²) < 4.78 is 21.7. The molecule has 0 aliphatic heterocycles. The predicted octanol–water partition coefficient (Wildman–Crippen LogP) is 5.31. The van der Waals surface area contributed by atoms with Crippen molar-refractivity contribution in [3.8, 4) is 34.1 Å². The summed E-state index contributed by atoms with van der Waals surface area (Å²) in [7, 11) is 15.3. The summed E-state index contributed by atoms with van der Waals surface area (Å²) in [5.74, 6) is 2.93. The molecule has 0 aliphatic carbocycles. The molecule has 62 heavy (non-hydrogen) atoms. The molecule has 1 amide bonds. The van der Waals surface area contributed by atoms with Gasteiger partial charge in [0, 0.05) is 42.7 Å². The first-order valence-electron chi connectivity index (χ1n) is 19.3. The Kier molecular flexibility index (Phi) is 34.7. The van der Waals surface area contributed by atoms with Gasteiger partial charge < -0.3 is 48.7 Å². The first-order valence-corrected chi connectivity index (χ1v) is 20.4. The first kappa shape index (κ1) is 62.3. The van der Waals surface area contributed by atoms with Crippen LogP contribution < -0.4 is 54.4 Å². The van der Waals surface area contributed by atoms with Gasteiger partial charge in [-0.3, -0.25) is 4.79 Å². The molecule has 0 heterocycles. The van der Waals surface area contributed by atoms with Gasteiger partial charge in [0.2, 0.25) is 6.41 Å². The average Bonchev–Trinajstić information content (AvgIpc) is 3.18. The topological polar surface area (TPSA) is 57.2 Å². The molecular formula is C51H67Cl2NO5P2Ru+. The number of carbonyl (C=O) groups excluding carboxylic acids is 1. The number of halogens is 2. The Bertz CT molecular complexity index is 1930. The van der Waals surface area contributed by atoms with E-state index in [-0.39, 0.29) is 44.3 Å². The normalized spacial score (nSPS) is 8.97. The van der Waals surface area contributed by atoms with Gasteiger partial charge in [0.25, 0.3) is 0 Å². The second-order valence-electron chi connectivity index (χ2n) is 14.3. The zero-order valence-corrected chi connectivity index (χ0v) is 44.4. The fourth-order valence-electron chi connectivity index (χ4n) is 5.52. The number of carbonyl (C=O) groups is 1. The fraction of sp³-hybridized carbons (Fsp3) is 0.275. The zero-order chi connectivity index (χ0) is 44.5. The van der Waals surface area contributed by atoms with Gasteiger partial charge in [-0.25, -0.2) is 0 Å². The summed E-state index contributed by atoms with van der Waals surface area (Å²) in [5.41, 5.74) is 12.6. The summed E-state index contributed by atoms with van der Waals surface area (Å²) in [4.78, 5) is 10.9. The van der Waals surface area contributed by atoms with Crippen molar-refractivity contribution in [3.63, 3.8) is 0 Å². The minimum absolute atomic E-state index is 0. The maximum Gasteiger partial charge on any atom is 3.00 e. The van der Waals surface area contributed by atoms with Crippen LogP contribution in [0.3, 0.4) is 0 Å². The van der Waals surface area contributed by atoms with Crippen LogP contribution in [-0.2, 0) is 24.3 Å². The van der Waals surface area contributed by atoms with E-state index in [4.69, 9.17) is 18.9 Å². The zero-order valence-electron chi connectivity index (χ0n) is 38.9. The van der Waals surface area contributed by atoms with E-state index in [9.17, 15) is 4.79 Å². The molecule has 0 fully saturated rings. The number of nitrogens with zero attached hydrogens (tertiary/aromatic N) is 1. The van der Waals surface area contributed by atoms with Crippen molar-refractivity contribution in [2.24, 2.45) is 0 Å². The number of rotatable bonds is 6. The molecule has 6 aromatic carbocycles. The van der Waals surface area contributed by atoms with Crippen LogP contribution in [0.2, 0.25) is 0 Å². The second kappa shape index (κ2) is 34.5. The van der Waals surface area contributed by atoms with Crippen LogP contribution in [0, 0.1) is 55.4 Å². The van der Waals surface area contributed by atoms with Crippen molar-refractivity contribution in [2.75, 3.05) is 42.5 Å². The number of hydrogen-bond acceptors (Lipinski definition) is 5. The van der Waals surface area contributed by atoms with Gasteiger partial charge in [0.05, 0.1) is 28.4 Å². The van der Waals surface area contributed by atoms with E-state index in [1.807, 2.05) is 24.3 Å². The van der Waals surface area contributed by atoms with E-state index in [0.717, 1.165) is 51.1 Å². The molecule has 0 saturated heterocycles. The van der Waals surface area contributed by atoms with Crippen molar-refractivity contribution < 1.29 is 68.0 Å². The Morgan fingerprint density at radius 3 is 0.968 bits per heavy atom. The van der Waals surface area contributed by atoms with E-state index in [1.54, 1.807) is 42.5 Å². The van der Waals surface area contributed by atoms with Gasteiger partial charge in [-0.15, -0.1) is 18.5 Å². The van der Waals surface area contributed by atoms with Crippen molar-refractivity contribution in [3.05, 3.63) is 166 Å². The summed E-state index contributed by atoms with van der Waals surface area (Å²) in [5, 5.41) is 1.91. The summed E-state index contributed by atoms with van der Waals surface area (Å²) in [6.07, 6.45) is 0.750. The SMILES string of the molecule is CN(C)C=O.COc1cc(P)c(-c2cc(P)c(OC)cc2OC)c(OC)c1.Cc1cccc(C)c1.Cc1cccc(C)c1.Cc1cccc(C)c1.Cc1cccc(C)c1.[Cl-].[Cl-].[Ru+3]. The summed E-state index contributed by atoms with van der Waals surface area (Å²) >= 11 is 0.